The van der Waals surface area contributed by atoms with Gasteiger partial charge in [0.05, 0.1) is 27.3 Å². The van der Waals surface area contributed by atoms with Crippen LogP contribution in [0.15, 0.2) is 71.6 Å². The Morgan fingerprint density at radius 3 is 2.09 bits per heavy atom. The molecule has 0 fully saturated rings. The number of rotatable bonds is 8. The highest BCUT2D eigenvalue weighted by molar-refractivity contribution is 7.92. The second kappa shape index (κ2) is 8.78. The maximum Gasteiger partial charge on any atom is 0.336 e. The van der Waals surface area contributed by atoms with Crippen LogP contribution in [0.3, 0.4) is 0 Å². The van der Waals surface area contributed by atoms with Crippen molar-refractivity contribution in [3.63, 3.8) is 0 Å². The number of hydrogen-bond donors (Lipinski definition) is 4. The van der Waals surface area contributed by atoms with Gasteiger partial charge in [0.1, 0.15) is 5.75 Å². The molecule has 164 valence electrons. The zero-order valence-electron chi connectivity index (χ0n) is 16.1. The maximum absolute atomic E-state index is 12.7. The van der Waals surface area contributed by atoms with E-state index in [-0.39, 0.29) is 27.6 Å². The van der Waals surface area contributed by atoms with E-state index in [2.05, 4.69) is 4.72 Å². The van der Waals surface area contributed by atoms with E-state index < -0.39 is 39.1 Å². The van der Waals surface area contributed by atoms with Crippen molar-refractivity contribution in [3.8, 4) is 11.5 Å². The minimum absolute atomic E-state index is 0.00452. The predicted molar refractivity (Wildman–Crippen MR) is 111 cm³/mol. The van der Waals surface area contributed by atoms with Crippen molar-refractivity contribution in [1.82, 2.24) is 0 Å². The minimum Gasteiger partial charge on any atom is -0.478 e. The van der Waals surface area contributed by atoms with Crippen molar-refractivity contribution >= 4 is 33.6 Å². The SMILES string of the molecule is O=C(O)c1cccc(S(=O)(=O)Nc2ccccc2Oc2ccc(C(=O)O)c(C(=O)O)c2)c1. The lowest BCUT2D eigenvalue weighted by Crippen LogP contribution is -2.14. The number of carboxylic acid groups (broad SMARTS) is 3. The van der Waals surface area contributed by atoms with Crippen LogP contribution in [0.1, 0.15) is 31.1 Å². The topological polar surface area (TPSA) is 167 Å². The fraction of sp³-hybridized carbons (Fsp3) is 0. The average Bonchev–Trinajstić information content (AvgIpc) is 2.74. The van der Waals surface area contributed by atoms with Gasteiger partial charge >= 0.3 is 17.9 Å². The standard InChI is InChI=1S/C21H15NO9S/c23-19(24)12-4-3-5-14(10-12)32(29,30)22-17-6-1-2-7-18(17)31-13-8-9-15(20(25)26)16(11-13)21(27)28/h1-11,22H,(H,23,24)(H,25,26)(H,27,28). The number of nitrogens with one attached hydrogen (secondary N) is 1. The Morgan fingerprint density at radius 1 is 0.750 bits per heavy atom. The van der Waals surface area contributed by atoms with E-state index in [0.29, 0.717) is 0 Å². The van der Waals surface area contributed by atoms with Crippen LogP contribution >= 0.6 is 0 Å². The molecule has 11 heteroatoms. The second-order valence-electron chi connectivity index (χ2n) is 6.35. The summed E-state index contributed by atoms with van der Waals surface area (Å²) < 4.78 is 33.4. The molecule has 0 saturated carbocycles. The number of aromatic carboxylic acids is 3. The van der Waals surface area contributed by atoms with E-state index in [1.165, 1.54) is 42.5 Å². The smallest absolute Gasteiger partial charge is 0.336 e. The number of carboxylic acids is 3. The number of ether oxygens (including phenoxy) is 1. The first-order valence-corrected chi connectivity index (χ1v) is 10.3. The molecule has 3 aromatic rings. The normalized spacial score (nSPS) is 10.9. The average molecular weight is 457 g/mol. The van der Waals surface area contributed by atoms with Crippen LogP contribution in [-0.2, 0) is 10.0 Å². The van der Waals surface area contributed by atoms with Gasteiger partial charge in [-0.3, -0.25) is 4.72 Å². The molecule has 0 bridgehead atoms. The molecule has 3 rings (SSSR count). The molecule has 0 aromatic heterocycles. The van der Waals surface area contributed by atoms with E-state index in [4.69, 9.17) is 14.9 Å². The van der Waals surface area contributed by atoms with Crippen LogP contribution in [0.2, 0.25) is 0 Å². The third-order valence-electron chi connectivity index (χ3n) is 4.20. The van der Waals surface area contributed by atoms with Gasteiger partial charge < -0.3 is 20.1 Å². The quantitative estimate of drug-likeness (QED) is 0.396. The van der Waals surface area contributed by atoms with Crippen LogP contribution in [-0.4, -0.2) is 41.6 Å². The molecule has 0 aliphatic heterocycles. The van der Waals surface area contributed by atoms with Crippen LogP contribution in [0.4, 0.5) is 5.69 Å². The van der Waals surface area contributed by atoms with Gasteiger partial charge in [-0.25, -0.2) is 22.8 Å². The third-order valence-corrected chi connectivity index (χ3v) is 5.57. The van der Waals surface area contributed by atoms with Crippen LogP contribution in [0.25, 0.3) is 0 Å². The summed E-state index contributed by atoms with van der Waals surface area (Å²) in [6.45, 7) is 0. The van der Waals surface area contributed by atoms with Crippen molar-refractivity contribution in [3.05, 3.63) is 83.4 Å². The monoisotopic (exact) mass is 457 g/mol. The highest BCUT2D eigenvalue weighted by Gasteiger charge is 2.20. The Hall–Kier alpha value is -4.38. The molecule has 0 heterocycles. The third kappa shape index (κ3) is 4.84. The van der Waals surface area contributed by atoms with Crippen molar-refractivity contribution in [2.75, 3.05) is 4.72 Å². The van der Waals surface area contributed by atoms with Crippen LogP contribution in [0.5, 0.6) is 11.5 Å². The van der Waals surface area contributed by atoms with E-state index in [0.717, 1.165) is 18.2 Å². The molecule has 4 N–H and O–H groups in total. The highest BCUT2D eigenvalue weighted by Crippen LogP contribution is 2.32. The van der Waals surface area contributed by atoms with E-state index >= 15 is 0 Å². The Balaban J connectivity index is 1.94. The summed E-state index contributed by atoms with van der Waals surface area (Å²) in [5.74, 6) is -4.22. The lowest BCUT2D eigenvalue weighted by atomic mass is 10.1. The van der Waals surface area contributed by atoms with Crippen molar-refractivity contribution in [2.24, 2.45) is 0 Å². The Kier molecular flexibility index (Phi) is 6.12. The molecule has 0 spiro atoms. The first-order chi connectivity index (χ1) is 15.1. The largest absolute Gasteiger partial charge is 0.478 e. The predicted octanol–water partition coefficient (Wildman–Crippen LogP) is 3.37. The van der Waals surface area contributed by atoms with Gasteiger partial charge in [-0.05, 0) is 48.5 Å². The molecule has 0 unspecified atom stereocenters. The molecule has 0 amide bonds. The number of sulfonamides is 1. The Bertz CT molecular complexity index is 1330. The zero-order chi connectivity index (χ0) is 23.5. The summed E-state index contributed by atoms with van der Waals surface area (Å²) in [7, 11) is -4.19. The first-order valence-electron chi connectivity index (χ1n) is 8.82. The van der Waals surface area contributed by atoms with Gasteiger partial charge in [-0.2, -0.15) is 0 Å². The fourth-order valence-corrected chi connectivity index (χ4v) is 3.83. The van der Waals surface area contributed by atoms with Gasteiger partial charge in [0, 0.05) is 0 Å². The summed E-state index contributed by atoms with van der Waals surface area (Å²) in [6.07, 6.45) is 0. The molecular formula is C21H15NO9S. The molecule has 10 nitrogen and oxygen atoms in total. The molecule has 3 aromatic carbocycles. The summed E-state index contributed by atoms with van der Waals surface area (Å²) in [5.41, 5.74) is -1.15. The highest BCUT2D eigenvalue weighted by atomic mass is 32.2. The number of anilines is 1. The summed E-state index contributed by atoms with van der Waals surface area (Å²) in [4.78, 5) is 33.4. The number of benzene rings is 3. The van der Waals surface area contributed by atoms with Crippen LogP contribution < -0.4 is 9.46 Å². The number of para-hydroxylation sites is 2. The molecule has 0 aliphatic rings. The van der Waals surface area contributed by atoms with Crippen molar-refractivity contribution in [1.29, 1.82) is 0 Å². The molecule has 0 aliphatic carbocycles. The maximum atomic E-state index is 12.7. The number of carbonyl (C=O) groups is 3. The molecule has 32 heavy (non-hydrogen) atoms. The van der Waals surface area contributed by atoms with E-state index in [1.54, 1.807) is 6.07 Å². The van der Waals surface area contributed by atoms with Gasteiger partial charge in [-0.15, -0.1) is 0 Å². The van der Waals surface area contributed by atoms with Crippen molar-refractivity contribution in [2.45, 2.75) is 4.90 Å². The second-order valence-corrected chi connectivity index (χ2v) is 8.04. The number of hydrogen-bond acceptors (Lipinski definition) is 6. The summed E-state index contributed by atoms with van der Waals surface area (Å²) in [5, 5.41) is 27.4. The summed E-state index contributed by atoms with van der Waals surface area (Å²) in [6, 6.07) is 13.9. The van der Waals surface area contributed by atoms with Crippen molar-refractivity contribution < 1.29 is 42.9 Å². The van der Waals surface area contributed by atoms with Gasteiger partial charge in [0.15, 0.2) is 5.75 Å². The molecular weight excluding hydrogens is 442 g/mol. The lowest BCUT2D eigenvalue weighted by Gasteiger charge is -2.14. The fourth-order valence-electron chi connectivity index (χ4n) is 2.72. The van der Waals surface area contributed by atoms with Crippen LogP contribution in [0, 0.1) is 0 Å². The molecule has 0 radical (unpaired) electrons. The van der Waals surface area contributed by atoms with Gasteiger partial charge in [0.25, 0.3) is 10.0 Å². The van der Waals surface area contributed by atoms with Gasteiger partial charge in [-0.1, -0.05) is 18.2 Å². The minimum atomic E-state index is -4.19. The Morgan fingerprint density at radius 2 is 1.44 bits per heavy atom. The van der Waals surface area contributed by atoms with E-state index in [9.17, 15) is 27.9 Å². The van der Waals surface area contributed by atoms with Gasteiger partial charge in [0.2, 0.25) is 0 Å². The zero-order valence-corrected chi connectivity index (χ0v) is 16.9. The lowest BCUT2D eigenvalue weighted by molar-refractivity contribution is 0.0651. The van der Waals surface area contributed by atoms with E-state index in [1.807, 2.05) is 0 Å². The molecule has 0 saturated heterocycles. The summed E-state index contributed by atoms with van der Waals surface area (Å²) >= 11 is 0. The Labute approximate surface area is 181 Å². The first kappa shape index (κ1) is 22.3. The molecule has 0 atom stereocenters.